The molecule has 5 heteroatoms. The molecule has 5 nitrogen and oxygen atoms in total. The lowest BCUT2D eigenvalue weighted by atomic mass is 10.1. The average Bonchev–Trinajstić information content (AvgIpc) is 2.66. The summed E-state index contributed by atoms with van der Waals surface area (Å²) >= 11 is 0. The number of carboxylic acid groups (broad SMARTS) is 1. The number of aromatic hydroxyl groups is 1. The van der Waals surface area contributed by atoms with Crippen molar-refractivity contribution in [3.05, 3.63) is 29.8 Å². The molecule has 1 aromatic rings. The number of phenols is 1. The fourth-order valence-electron chi connectivity index (χ4n) is 1.49. The molecule has 1 unspecified atom stereocenters. The van der Waals surface area contributed by atoms with E-state index in [0.717, 1.165) is 5.56 Å². The summed E-state index contributed by atoms with van der Waals surface area (Å²) in [5.74, 6) is -0.408. The predicted octanol–water partition coefficient (Wildman–Crippen LogP) is 0.817. The number of benzene rings is 1. The highest BCUT2D eigenvalue weighted by Gasteiger charge is 2.24. The van der Waals surface area contributed by atoms with Crippen LogP contribution in [0.4, 0.5) is 0 Å². The average molecular weight is 221 g/mol. The Morgan fingerprint density at radius 1 is 1.56 bits per heavy atom. The summed E-state index contributed by atoms with van der Waals surface area (Å²) in [6, 6.07) is 5.90. The Hall–Kier alpha value is -2.04. The number of hydrogen-bond acceptors (Lipinski definition) is 4. The standard InChI is InChI=1S/C11H11NO4/c13-8-3-1-2-7(4-8)5-10-12-9(6-16-10)11(14)15/h1-4,9,13H,5-6H2,(H,14,15). The molecule has 0 fully saturated rings. The van der Waals surface area contributed by atoms with Crippen LogP contribution >= 0.6 is 0 Å². The Balaban J connectivity index is 2.06. The van der Waals surface area contributed by atoms with Gasteiger partial charge in [-0.2, -0.15) is 0 Å². The van der Waals surface area contributed by atoms with Crippen LogP contribution in [0.2, 0.25) is 0 Å². The maximum atomic E-state index is 10.6. The van der Waals surface area contributed by atoms with E-state index in [4.69, 9.17) is 9.84 Å². The number of aliphatic imine (C=N–C) groups is 1. The first kappa shape index (κ1) is 10.5. The molecule has 0 spiro atoms. The van der Waals surface area contributed by atoms with Crippen LogP contribution in [0.15, 0.2) is 29.3 Å². The van der Waals surface area contributed by atoms with Gasteiger partial charge in [0, 0.05) is 6.42 Å². The molecule has 1 aliphatic rings. The molecular weight excluding hydrogens is 210 g/mol. The van der Waals surface area contributed by atoms with Crippen molar-refractivity contribution < 1.29 is 19.7 Å². The molecule has 0 radical (unpaired) electrons. The second kappa shape index (κ2) is 4.22. The summed E-state index contributed by atoms with van der Waals surface area (Å²) in [6.45, 7) is 0.0868. The molecule has 2 N–H and O–H groups in total. The lowest BCUT2D eigenvalue weighted by Gasteiger charge is -2.01. The molecule has 1 heterocycles. The van der Waals surface area contributed by atoms with Crippen LogP contribution in [0, 0.1) is 0 Å². The molecule has 2 rings (SSSR count). The van der Waals surface area contributed by atoms with Crippen molar-refractivity contribution in [2.24, 2.45) is 4.99 Å². The highest BCUT2D eigenvalue weighted by molar-refractivity contribution is 5.86. The van der Waals surface area contributed by atoms with E-state index in [9.17, 15) is 9.90 Å². The van der Waals surface area contributed by atoms with Crippen molar-refractivity contribution in [1.29, 1.82) is 0 Å². The van der Waals surface area contributed by atoms with Crippen molar-refractivity contribution in [3.63, 3.8) is 0 Å². The van der Waals surface area contributed by atoms with Gasteiger partial charge in [-0.15, -0.1) is 0 Å². The largest absolute Gasteiger partial charge is 0.508 e. The van der Waals surface area contributed by atoms with Gasteiger partial charge in [-0.3, -0.25) is 0 Å². The fraction of sp³-hybridized carbons (Fsp3) is 0.273. The molecule has 0 aliphatic carbocycles. The summed E-state index contributed by atoms with van der Waals surface area (Å²) in [5.41, 5.74) is 0.838. The minimum absolute atomic E-state index is 0.0868. The lowest BCUT2D eigenvalue weighted by molar-refractivity contribution is -0.138. The van der Waals surface area contributed by atoms with E-state index in [-0.39, 0.29) is 12.4 Å². The van der Waals surface area contributed by atoms with Crippen LogP contribution < -0.4 is 0 Å². The second-order valence-corrected chi connectivity index (χ2v) is 3.53. The third kappa shape index (κ3) is 2.31. The second-order valence-electron chi connectivity index (χ2n) is 3.53. The van der Waals surface area contributed by atoms with E-state index in [0.29, 0.717) is 12.3 Å². The first-order valence-corrected chi connectivity index (χ1v) is 4.85. The zero-order valence-electron chi connectivity index (χ0n) is 8.46. The van der Waals surface area contributed by atoms with Gasteiger partial charge >= 0.3 is 5.97 Å². The molecule has 0 bridgehead atoms. The van der Waals surface area contributed by atoms with Crippen LogP contribution in [-0.4, -0.2) is 34.7 Å². The summed E-state index contributed by atoms with van der Waals surface area (Å²) in [6.07, 6.45) is 0.401. The summed E-state index contributed by atoms with van der Waals surface area (Å²) in [4.78, 5) is 14.6. The predicted molar refractivity (Wildman–Crippen MR) is 56.6 cm³/mol. The van der Waals surface area contributed by atoms with Gasteiger partial charge in [0.1, 0.15) is 12.4 Å². The van der Waals surface area contributed by atoms with E-state index >= 15 is 0 Å². The topological polar surface area (TPSA) is 79.1 Å². The summed E-state index contributed by atoms with van der Waals surface area (Å²) in [7, 11) is 0. The van der Waals surface area contributed by atoms with Gasteiger partial charge in [-0.05, 0) is 17.7 Å². The maximum Gasteiger partial charge on any atom is 0.332 e. The quantitative estimate of drug-likeness (QED) is 0.791. The van der Waals surface area contributed by atoms with E-state index in [2.05, 4.69) is 4.99 Å². The van der Waals surface area contributed by atoms with Gasteiger partial charge in [-0.25, -0.2) is 9.79 Å². The van der Waals surface area contributed by atoms with Crippen LogP contribution in [0.1, 0.15) is 5.56 Å². The highest BCUT2D eigenvalue weighted by atomic mass is 16.5. The van der Waals surface area contributed by atoms with E-state index in [1.807, 2.05) is 6.07 Å². The Labute approximate surface area is 92.0 Å². The van der Waals surface area contributed by atoms with E-state index in [1.165, 1.54) is 0 Å². The number of carbonyl (C=O) groups is 1. The number of phenolic OH excluding ortho intramolecular Hbond substituents is 1. The molecule has 0 amide bonds. The minimum atomic E-state index is -0.981. The first-order valence-electron chi connectivity index (χ1n) is 4.85. The number of nitrogens with zero attached hydrogens (tertiary/aromatic N) is 1. The zero-order chi connectivity index (χ0) is 11.5. The molecule has 1 aliphatic heterocycles. The number of ether oxygens (including phenoxy) is 1. The molecule has 0 saturated carbocycles. The van der Waals surface area contributed by atoms with Crippen molar-refractivity contribution in [2.45, 2.75) is 12.5 Å². The minimum Gasteiger partial charge on any atom is -0.508 e. The SMILES string of the molecule is O=C(O)C1COC(Cc2cccc(O)c2)=N1. The lowest BCUT2D eigenvalue weighted by Crippen LogP contribution is -2.18. The third-order valence-corrected chi connectivity index (χ3v) is 2.26. The Morgan fingerprint density at radius 2 is 2.38 bits per heavy atom. The third-order valence-electron chi connectivity index (χ3n) is 2.26. The van der Waals surface area contributed by atoms with Crippen molar-refractivity contribution in [3.8, 4) is 5.75 Å². The normalized spacial score (nSPS) is 19.0. The molecule has 0 saturated heterocycles. The van der Waals surface area contributed by atoms with Gasteiger partial charge in [0.15, 0.2) is 11.9 Å². The van der Waals surface area contributed by atoms with E-state index < -0.39 is 12.0 Å². The van der Waals surface area contributed by atoms with Gasteiger partial charge < -0.3 is 14.9 Å². The van der Waals surface area contributed by atoms with Gasteiger partial charge in [0.25, 0.3) is 0 Å². The van der Waals surface area contributed by atoms with Crippen LogP contribution in [0.5, 0.6) is 5.75 Å². The fourth-order valence-corrected chi connectivity index (χ4v) is 1.49. The number of rotatable bonds is 3. The van der Waals surface area contributed by atoms with Gasteiger partial charge in [0.05, 0.1) is 0 Å². The van der Waals surface area contributed by atoms with Crippen molar-refractivity contribution >= 4 is 11.9 Å². The van der Waals surface area contributed by atoms with E-state index in [1.54, 1.807) is 18.2 Å². The Morgan fingerprint density at radius 3 is 3.00 bits per heavy atom. The molecule has 1 aromatic carbocycles. The zero-order valence-corrected chi connectivity index (χ0v) is 8.46. The molecule has 84 valence electrons. The van der Waals surface area contributed by atoms with Crippen molar-refractivity contribution in [1.82, 2.24) is 0 Å². The van der Waals surface area contributed by atoms with Crippen LogP contribution in [0.25, 0.3) is 0 Å². The highest BCUT2D eigenvalue weighted by Crippen LogP contribution is 2.14. The molecule has 16 heavy (non-hydrogen) atoms. The first-order chi connectivity index (χ1) is 7.65. The van der Waals surface area contributed by atoms with Crippen molar-refractivity contribution in [2.75, 3.05) is 6.61 Å². The monoisotopic (exact) mass is 221 g/mol. The smallest absolute Gasteiger partial charge is 0.332 e. The number of hydrogen-bond donors (Lipinski definition) is 2. The Kier molecular flexibility index (Phi) is 2.76. The number of carboxylic acids is 1. The molecule has 0 aromatic heterocycles. The maximum absolute atomic E-state index is 10.6. The Bertz CT molecular complexity index is 441. The number of aliphatic carboxylic acids is 1. The van der Waals surface area contributed by atoms with Gasteiger partial charge in [0.2, 0.25) is 0 Å². The summed E-state index contributed by atoms with van der Waals surface area (Å²) < 4.78 is 5.16. The van der Waals surface area contributed by atoms with Crippen LogP contribution in [-0.2, 0) is 16.0 Å². The molecule has 1 atom stereocenters. The van der Waals surface area contributed by atoms with Crippen LogP contribution in [0.3, 0.4) is 0 Å². The summed E-state index contributed by atoms with van der Waals surface area (Å²) in [5, 5.41) is 18.0. The molecular formula is C11H11NO4. The van der Waals surface area contributed by atoms with Gasteiger partial charge in [-0.1, -0.05) is 12.1 Å².